The topological polar surface area (TPSA) is 132 Å². The molecule has 9 nitrogen and oxygen atoms in total. The van der Waals surface area contributed by atoms with E-state index in [0.29, 0.717) is 11.3 Å². The van der Waals surface area contributed by atoms with Gasteiger partial charge in [-0.05, 0) is 49.4 Å². The van der Waals surface area contributed by atoms with Gasteiger partial charge in [-0.2, -0.15) is 18.3 Å². The first kappa shape index (κ1) is 31.4. The molecule has 0 fully saturated rings. The van der Waals surface area contributed by atoms with Crippen molar-refractivity contribution >= 4 is 11.8 Å². The number of para-hydroxylation sites is 1. The number of hydrogen-bond acceptors (Lipinski definition) is 6. The van der Waals surface area contributed by atoms with E-state index in [1.807, 2.05) is 0 Å². The number of halogens is 4. The van der Waals surface area contributed by atoms with Gasteiger partial charge in [-0.3, -0.25) is 9.59 Å². The van der Waals surface area contributed by atoms with Crippen molar-refractivity contribution in [2.45, 2.75) is 24.1 Å². The van der Waals surface area contributed by atoms with Crippen molar-refractivity contribution in [2.75, 3.05) is 13.2 Å². The average molecular weight is 646 g/mol. The largest absolute Gasteiger partial charge is 0.489 e. The standard InChI is InChI=1S/C34H27F4N5O4/c1-32(31(39)45)19-47-29-25(32)16-26(41-28(29)21-12-14-22(35)15-13-21)33(46,34(36,37)38)18-40-30(44)24-17-43(23-10-6-3-7-11-23)42-27(24)20-8-4-2-5-9-20/h2-17,46H,18-19H2,1H3,(H2,39,45)(H,40,44)/t32-,33-/m0/s1. The van der Waals surface area contributed by atoms with Gasteiger partial charge >= 0.3 is 6.18 Å². The van der Waals surface area contributed by atoms with E-state index in [-0.39, 0.29) is 40.4 Å². The van der Waals surface area contributed by atoms with Crippen molar-refractivity contribution in [3.8, 4) is 34.0 Å². The molecule has 2 atom stereocenters. The average Bonchev–Trinajstić information content (AvgIpc) is 3.67. The molecule has 3 aromatic carbocycles. The van der Waals surface area contributed by atoms with Gasteiger partial charge in [0, 0.05) is 22.9 Å². The highest BCUT2D eigenvalue weighted by atomic mass is 19.4. The van der Waals surface area contributed by atoms with Crippen LogP contribution in [0, 0.1) is 5.82 Å². The number of primary amides is 1. The first-order chi connectivity index (χ1) is 22.3. The van der Waals surface area contributed by atoms with E-state index in [4.69, 9.17) is 10.5 Å². The molecule has 240 valence electrons. The summed E-state index contributed by atoms with van der Waals surface area (Å²) in [6.45, 7) is -0.266. The van der Waals surface area contributed by atoms with E-state index in [1.165, 1.54) is 29.9 Å². The summed E-state index contributed by atoms with van der Waals surface area (Å²) in [6, 6.07) is 23.0. The van der Waals surface area contributed by atoms with Gasteiger partial charge in [0.25, 0.3) is 5.91 Å². The number of benzene rings is 3. The quantitative estimate of drug-likeness (QED) is 0.202. The van der Waals surface area contributed by atoms with E-state index < -0.39 is 47.1 Å². The van der Waals surface area contributed by atoms with Gasteiger partial charge in [-0.1, -0.05) is 48.5 Å². The molecule has 0 saturated carbocycles. The van der Waals surface area contributed by atoms with Crippen LogP contribution in [-0.4, -0.2) is 51.0 Å². The van der Waals surface area contributed by atoms with Gasteiger partial charge in [-0.15, -0.1) is 0 Å². The zero-order chi connectivity index (χ0) is 33.6. The summed E-state index contributed by atoms with van der Waals surface area (Å²) in [7, 11) is 0. The second-order valence-electron chi connectivity index (χ2n) is 11.3. The van der Waals surface area contributed by atoms with Crippen LogP contribution in [-0.2, 0) is 15.8 Å². The van der Waals surface area contributed by atoms with Crippen molar-refractivity contribution in [1.82, 2.24) is 20.1 Å². The van der Waals surface area contributed by atoms with E-state index >= 15 is 0 Å². The lowest BCUT2D eigenvalue weighted by Gasteiger charge is -2.31. The highest BCUT2D eigenvalue weighted by Gasteiger charge is 2.57. The Kier molecular flexibility index (Phi) is 7.80. The molecule has 0 unspecified atom stereocenters. The van der Waals surface area contributed by atoms with E-state index in [2.05, 4.69) is 15.4 Å². The van der Waals surface area contributed by atoms with E-state index in [0.717, 1.165) is 18.2 Å². The van der Waals surface area contributed by atoms with Crippen molar-refractivity contribution in [2.24, 2.45) is 5.73 Å². The van der Waals surface area contributed by atoms with Gasteiger partial charge in [0.05, 0.1) is 23.5 Å². The summed E-state index contributed by atoms with van der Waals surface area (Å²) in [4.78, 5) is 30.2. The molecule has 0 aliphatic carbocycles. The maximum atomic E-state index is 14.9. The lowest BCUT2D eigenvalue weighted by molar-refractivity contribution is -0.265. The third kappa shape index (κ3) is 5.58. The molecular formula is C34H27F4N5O4. The molecule has 1 aliphatic heterocycles. The van der Waals surface area contributed by atoms with Crippen molar-refractivity contribution in [1.29, 1.82) is 0 Å². The van der Waals surface area contributed by atoms with Crippen molar-refractivity contribution in [3.63, 3.8) is 0 Å². The van der Waals surface area contributed by atoms with Crippen LogP contribution in [0.25, 0.3) is 28.2 Å². The van der Waals surface area contributed by atoms with Crippen LogP contribution in [0.15, 0.2) is 97.2 Å². The van der Waals surface area contributed by atoms with Crippen LogP contribution in [0.1, 0.15) is 28.5 Å². The summed E-state index contributed by atoms with van der Waals surface area (Å²) < 4.78 is 65.5. The number of hydrogen-bond donors (Lipinski definition) is 3. The Morgan fingerprint density at radius 3 is 2.21 bits per heavy atom. The summed E-state index contributed by atoms with van der Waals surface area (Å²) in [5.74, 6) is -2.47. The summed E-state index contributed by atoms with van der Waals surface area (Å²) >= 11 is 0. The summed E-state index contributed by atoms with van der Waals surface area (Å²) in [5, 5.41) is 18.1. The predicted molar refractivity (Wildman–Crippen MR) is 163 cm³/mol. The minimum Gasteiger partial charge on any atom is -0.489 e. The molecule has 4 N–H and O–H groups in total. The molecule has 6 rings (SSSR count). The summed E-state index contributed by atoms with van der Waals surface area (Å²) in [6.07, 6.45) is -3.99. The van der Waals surface area contributed by atoms with Crippen molar-refractivity contribution in [3.05, 3.63) is 120 Å². The van der Waals surface area contributed by atoms with Gasteiger partial charge in [-0.25, -0.2) is 14.1 Å². The number of fused-ring (bicyclic) bond motifs is 1. The molecule has 2 amide bonds. The number of aromatic nitrogens is 3. The van der Waals surface area contributed by atoms with E-state index in [9.17, 15) is 32.3 Å². The fraction of sp³-hybridized carbons (Fsp3) is 0.176. The van der Waals surface area contributed by atoms with Gasteiger partial charge in [0.2, 0.25) is 11.5 Å². The van der Waals surface area contributed by atoms with Crippen LogP contribution in [0.5, 0.6) is 5.75 Å². The number of ether oxygens (including phenoxy) is 1. The second-order valence-corrected chi connectivity index (χ2v) is 11.3. The lowest BCUT2D eigenvalue weighted by Crippen LogP contribution is -2.51. The minimum atomic E-state index is -5.37. The number of nitrogens with zero attached hydrogens (tertiary/aromatic N) is 3. The maximum Gasteiger partial charge on any atom is 0.424 e. The fourth-order valence-electron chi connectivity index (χ4n) is 5.30. The van der Waals surface area contributed by atoms with Crippen LogP contribution in [0.3, 0.4) is 0 Å². The highest BCUT2D eigenvalue weighted by molar-refractivity contribution is 6.00. The number of pyridine rings is 1. The number of carbonyl (C=O) groups excluding carboxylic acids is 2. The number of carbonyl (C=O) groups is 2. The Morgan fingerprint density at radius 2 is 1.60 bits per heavy atom. The number of alkyl halides is 3. The van der Waals surface area contributed by atoms with Gasteiger partial charge in [0.1, 0.15) is 35.0 Å². The number of amides is 2. The molecule has 0 saturated heterocycles. The smallest absolute Gasteiger partial charge is 0.424 e. The second kappa shape index (κ2) is 11.7. The van der Waals surface area contributed by atoms with Gasteiger partial charge in [0.15, 0.2) is 0 Å². The zero-order valence-corrected chi connectivity index (χ0v) is 24.8. The molecule has 0 radical (unpaired) electrons. The van der Waals surface area contributed by atoms with Crippen LogP contribution < -0.4 is 15.8 Å². The molecule has 3 heterocycles. The monoisotopic (exact) mass is 645 g/mol. The Balaban J connectivity index is 1.42. The number of nitrogens with two attached hydrogens (primary N) is 1. The summed E-state index contributed by atoms with van der Waals surface area (Å²) in [5.41, 5.74) is 0.609. The molecule has 5 aromatic rings. The molecule has 0 spiro atoms. The Hall–Kier alpha value is -5.56. The Labute approximate surface area is 265 Å². The highest BCUT2D eigenvalue weighted by Crippen LogP contribution is 2.47. The predicted octanol–water partition coefficient (Wildman–Crippen LogP) is 5.06. The number of nitrogens with one attached hydrogen (secondary N) is 1. The first-order valence-corrected chi connectivity index (χ1v) is 14.3. The lowest BCUT2D eigenvalue weighted by atomic mass is 9.81. The molecular weight excluding hydrogens is 618 g/mol. The molecule has 47 heavy (non-hydrogen) atoms. The molecule has 13 heteroatoms. The third-order valence-corrected chi connectivity index (χ3v) is 8.16. The Morgan fingerprint density at radius 1 is 0.979 bits per heavy atom. The SMILES string of the molecule is C[C@]1(C(N)=O)COc2c1cc([C@@](O)(CNC(=O)c1cn(-c3ccccc3)nc1-c1ccccc1)C(F)(F)F)nc2-c1ccc(F)cc1. The van der Waals surface area contributed by atoms with Gasteiger partial charge < -0.3 is 20.9 Å². The maximum absolute atomic E-state index is 14.9. The van der Waals surface area contributed by atoms with Crippen LogP contribution in [0.4, 0.5) is 17.6 Å². The minimum absolute atomic E-state index is 0.0314. The fourth-order valence-corrected chi connectivity index (χ4v) is 5.30. The zero-order valence-electron chi connectivity index (χ0n) is 24.8. The number of rotatable bonds is 8. The molecule has 1 aliphatic rings. The molecule has 2 aromatic heterocycles. The van der Waals surface area contributed by atoms with Crippen LogP contribution >= 0.6 is 0 Å². The van der Waals surface area contributed by atoms with Crippen LogP contribution in [0.2, 0.25) is 0 Å². The third-order valence-electron chi connectivity index (χ3n) is 8.16. The Bertz CT molecular complexity index is 1970. The normalized spacial score (nSPS) is 17.0. The molecule has 0 bridgehead atoms. The van der Waals surface area contributed by atoms with Crippen molar-refractivity contribution < 1.29 is 37.0 Å². The van der Waals surface area contributed by atoms with E-state index in [1.54, 1.807) is 60.7 Å². The number of aliphatic hydroxyl groups is 1. The first-order valence-electron chi connectivity index (χ1n) is 14.3.